The average molecular weight is 317 g/mol. The molecular formula is C12H7F2O6S-. The third-order valence-electron chi connectivity index (χ3n) is 2.56. The number of fused-ring (bicyclic) bond motifs is 1. The molecule has 0 amide bonds. The quantitative estimate of drug-likeness (QED) is 0.524. The fourth-order valence-corrected chi connectivity index (χ4v) is 1.79. The summed E-state index contributed by atoms with van der Waals surface area (Å²) in [5.41, 5.74) is 0. The molecule has 0 atom stereocenters. The highest BCUT2D eigenvalue weighted by molar-refractivity contribution is 7.87. The summed E-state index contributed by atoms with van der Waals surface area (Å²) < 4.78 is 61.1. The number of ether oxygens (including phenoxy) is 1. The number of phenols is 1. The number of phenolic OH excluding ortho intramolecular Hbond substituents is 1. The average Bonchev–Trinajstić information content (AvgIpc) is 2.37. The summed E-state index contributed by atoms with van der Waals surface area (Å²) in [6.07, 6.45) is 0. The van der Waals surface area contributed by atoms with E-state index in [-0.39, 0.29) is 11.5 Å². The third kappa shape index (κ3) is 2.93. The zero-order valence-corrected chi connectivity index (χ0v) is 10.9. The summed E-state index contributed by atoms with van der Waals surface area (Å²) in [5.74, 6) is -2.85. The molecule has 0 unspecified atom stereocenters. The minimum atomic E-state index is -6.16. The minimum Gasteiger partial charge on any atom is -0.743 e. The Morgan fingerprint density at radius 1 is 1.14 bits per heavy atom. The van der Waals surface area contributed by atoms with E-state index in [2.05, 4.69) is 4.74 Å². The van der Waals surface area contributed by atoms with Crippen molar-refractivity contribution in [2.24, 2.45) is 0 Å². The fraction of sp³-hybridized carbons (Fsp3) is 0.0833. The van der Waals surface area contributed by atoms with E-state index in [1.54, 1.807) is 0 Å². The van der Waals surface area contributed by atoms with Crippen molar-refractivity contribution in [1.29, 1.82) is 0 Å². The van der Waals surface area contributed by atoms with Crippen LogP contribution in [0.5, 0.6) is 11.5 Å². The van der Waals surface area contributed by atoms with Crippen LogP contribution in [0.1, 0.15) is 0 Å². The van der Waals surface area contributed by atoms with Crippen molar-refractivity contribution in [3.05, 3.63) is 36.4 Å². The number of hydrogen-bond donors (Lipinski definition) is 1. The van der Waals surface area contributed by atoms with Gasteiger partial charge in [0.25, 0.3) is 0 Å². The van der Waals surface area contributed by atoms with Crippen LogP contribution in [0.25, 0.3) is 10.8 Å². The topological polar surface area (TPSA) is 104 Å². The number of aromatic hydroxyl groups is 1. The van der Waals surface area contributed by atoms with Crippen LogP contribution >= 0.6 is 0 Å². The zero-order chi connectivity index (χ0) is 15.8. The molecular weight excluding hydrogens is 310 g/mol. The molecule has 0 spiro atoms. The SMILES string of the molecule is O=C(Oc1ccc2cc(O)ccc2c1)C(F)(F)S(=O)(=O)[O-]. The lowest BCUT2D eigenvalue weighted by molar-refractivity contribution is -0.151. The molecule has 112 valence electrons. The van der Waals surface area contributed by atoms with Gasteiger partial charge in [-0.1, -0.05) is 12.1 Å². The van der Waals surface area contributed by atoms with Gasteiger partial charge in [0.05, 0.1) is 0 Å². The summed E-state index contributed by atoms with van der Waals surface area (Å²) in [4.78, 5) is 11.1. The normalized spacial score (nSPS) is 12.3. The Kier molecular flexibility index (Phi) is 3.56. The molecule has 2 aromatic carbocycles. The van der Waals surface area contributed by atoms with Crippen LogP contribution in [0.15, 0.2) is 36.4 Å². The molecule has 0 radical (unpaired) electrons. The largest absolute Gasteiger partial charge is 0.743 e. The van der Waals surface area contributed by atoms with Gasteiger partial charge in [0, 0.05) is 0 Å². The second-order valence-electron chi connectivity index (χ2n) is 4.05. The molecule has 0 aliphatic carbocycles. The Morgan fingerprint density at radius 2 is 1.71 bits per heavy atom. The van der Waals surface area contributed by atoms with Crippen LogP contribution in [0.2, 0.25) is 0 Å². The maximum atomic E-state index is 13.0. The lowest BCUT2D eigenvalue weighted by Crippen LogP contribution is -2.40. The molecule has 0 aliphatic rings. The molecule has 0 saturated carbocycles. The summed E-state index contributed by atoms with van der Waals surface area (Å²) in [6, 6.07) is 7.81. The number of alkyl halides is 2. The summed E-state index contributed by atoms with van der Waals surface area (Å²) >= 11 is 0. The molecule has 0 aromatic heterocycles. The molecule has 2 rings (SSSR count). The van der Waals surface area contributed by atoms with Gasteiger partial charge in [0.1, 0.15) is 11.5 Å². The van der Waals surface area contributed by atoms with Crippen molar-refractivity contribution in [2.45, 2.75) is 5.25 Å². The smallest absolute Gasteiger partial charge is 0.429 e. The van der Waals surface area contributed by atoms with Gasteiger partial charge in [-0.3, -0.25) is 0 Å². The van der Waals surface area contributed by atoms with E-state index < -0.39 is 21.3 Å². The van der Waals surface area contributed by atoms with Gasteiger partial charge in [-0.2, -0.15) is 8.78 Å². The van der Waals surface area contributed by atoms with E-state index in [1.165, 1.54) is 30.3 Å². The number of rotatable bonds is 3. The first-order chi connectivity index (χ1) is 9.61. The molecule has 0 heterocycles. The van der Waals surface area contributed by atoms with E-state index in [1.807, 2.05) is 0 Å². The Hall–Kier alpha value is -2.26. The van der Waals surface area contributed by atoms with Crippen LogP contribution in [0, 0.1) is 0 Å². The third-order valence-corrected chi connectivity index (χ3v) is 3.35. The van der Waals surface area contributed by atoms with Crippen molar-refractivity contribution in [3.8, 4) is 11.5 Å². The van der Waals surface area contributed by atoms with Gasteiger partial charge in [0.15, 0.2) is 10.1 Å². The molecule has 9 heteroatoms. The number of benzene rings is 2. The summed E-state index contributed by atoms with van der Waals surface area (Å²) in [5, 5.41) is 5.08. The van der Waals surface area contributed by atoms with Crippen LogP contribution in [0.3, 0.4) is 0 Å². The van der Waals surface area contributed by atoms with Crippen LogP contribution in [-0.2, 0) is 14.9 Å². The number of carbonyl (C=O) groups is 1. The Balaban J connectivity index is 2.32. The predicted octanol–water partition coefficient (Wildman–Crippen LogP) is 1.59. The lowest BCUT2D eigenvalue weighted by atomic mass is 10.1. The van der Waals surface area contributed by atoms with Crippen molar-refractivity contribution in [1.82, 2.24) is 0 Å². The first-order valence-corrected chi connectivity index (χ1v) is 6.80. The summed E-state index contributed by atoms with van der Waals surface area (Å²) in [6.45, 7) is 0. The zero-order valence-electron chi connectivity index (χ0n) is 10.1. The van der Waals surface area contributed by atoms with Gasteiger partial charge < -0.3 is 14.4 Å². The van der Waals surface area contributed by atoms with E-state index in [9.17, 15) is 31.7 Å². The molecule has 21 heavy (non-hydrogen) atoms. The number of esters is 1. The van der Waals surface area contributed by atoms with Crippen molar-refractivity contribution in [2.75, 3.05) is 0 Å². The second kappa shape index (κ2) is 4.93. The van der Waals surface area contributed by atoms with Crippen LogP contribution < -0.4 is 4.74 Å². The number of halogens is 2. The standard InChI is InChI=1S/C12H8F2O6S/c13-12(14,21(17,18)19)11(16)20-10-4-2-7-5-9(15)3-1-8(7)6-10/h1-6,15H,(H,17,18,19)/p-1. The highest BCUT2D eigenvalue weighted by Gasteiger charge is 2.48. The van der Waals surface area contributed by atoms with Crippen molar-refractivity contribution < 1.29 is 36.4 Å². The fourth-order valence-electron chi connectivity index (χ4n) is 1.54. The highest BCUT2D eigenvalue weighted by atomic mass is 32.2. The minimum absolute atomic E-state index is 0.0174. The lowest BCUT2D eigenvalue weighted by Gasteiger charge is -2.17. The molecule has 1 N–H and O–H groups in total. The molecule has 0 saturated heterocycles. The molecule has 2 aromatic rings. The molecule has 0 fully saturated rings. The number of hydrogen-bond acceptors (Lipinski definition) is 6. The maximum Gasteiger partial charge on any atom is 0.429 e. The summed E-state index contributed by atoms with van der Waals surface area (Å²) in [7, 11) is -6.16. The highest BCUT2D eigenvalue weighted by Crippen LogP contribution is 2.27. The molecule has 6 nitrogen and oxygen atoms in total. The van der Waals surface area contributed by atoms with Gasteiger partial charge in [-0.25, -0.2) is 13.2 Å². The second-order valence-corrected chi connectivity index (χ2v) is 5.47. The van der Waals surface area contributed by atoms with Gasteiger partial charge in [-0.15, -0.1) is 0 Å². The van der Waals surface area contributed by atoms with Gasteiger partial charge in [0.2, 0.25) is 0 Å². The maximum absolute atomic E-state index is 13.0. The van der Waals surface area contributed by atoms with Crippen molar-refractivity contribution >= 4 is 26.9 Å². The monoisotopic (exact) mass is 317 g/mol. The van der Waals surface area contributed by atoms with E-state index in [0.29, 0.717) is 10.8 Å². The first-order valence-electron chi connectivity index (χ1n) is 5.39. The Labute approximate surface area is 117 Å². The molecule has 0 bridgehead atoms. The first kappa shape index (κ1) is 15.1. The van der Waals surface area contributed by atoms with Crippen LogP contribution in [-0.4, -0.2) is 29.3 Å². The number of carbonyl (C=O) groups excluding carboxylic acids is 1. The van der Waals surface area contributed by atoms with E-state index in [4.69, 9.17) is 0 Å². The van der Waals surface area contributed by atoms with E-state index in [0.717, 1.165) is 6.07 Å². The predicted molar refractivity (Wildman–Crippen MR) is 65.9 cm³/mol. The Bertz CT molecular complexity index is 816. The Morgan fingerprint density at radius 3 is 2.33 bits per heavy atom. The molecule has 0 aliphatic heterocycles. The van der Waals surface area contributed by atoms with Crippen molar-refractivity contribution in [3.63, 3.8) is 0 Å². The van der Waals surface area contributed by atoms with Gasteiger partial charge in [-0.05, 0) is 35.0 Å². The van der Waals surface area contributed by atoms with Crippen LogP contribution in [0.4, 0.5) is 8.78 Å². The van der Waals surface area contributed by atoms with Gasteiger partial charge >= 0.3 is 11.2 Å². The van der Waals surface area contributed by atoms with E-state index >= 15 is 0 Å².